The van der Waals surface area contributed by atoms with E-state index in [9.17, 15) is 15.2 Å². The van der Waals surface area contributed by atoms with Crippen LogP contribution in [0.15, 0.2) is 30.5 Å². The van der Waals surface area contributed by atoms with Crippen molar-refractivity contribution in [2.45, 2.75) is 18.9 Å². The van der Waals surface area contributed by atoms with E-state index in [1.165, 1.54) is 6.07 Å². The molecule has 0 amide bonds. The zero-order valence-corrected chi connectivity index (χ0v) is 10.9. The average molecular weight is 273 g/mol. The number of aromatic nitrogens is 1. The van der Waals surface area contributed by atoms with E-state index in [0.29, 0.717) is 5.52 Å². The number of para-hydroxylation sites is 1. The third-order valence-corrected chi connectivity index (χ3v) is 3.82. The molecule has 0 saturated carbocycles. The van der Waals surface area contributed by atoms with Gasteiger partial charge in [-0.25, -0.2) is 4.98 Å². The predicted molar refractivity (Wildman–Crippen MR) is 75.9 cm³/mol. The molecule has 0 radical (unpaired) electrons. The molecule has 1 fully saturated rings. The summed E-state index contributed by atoms with van der Waals surface area (Å²) >= 11 is 0. The molecule has 1 aliphatic heterocycles. The van der Waals surface area contributed by atoms with Crippen molar-refractivity contribution in [1.29, 1.82) is 0 Å². The van der Waals surface area contributed by atoms with Gasteiger partial charge in [-0.1, -0.05) is 12.1 Å². The van der Waals surface area contributed by atoms with Gasteiger partial charge in [-0.3, -0.25) is 10.1 Å². The van der Waals surface area contributed by atoms with E-state index in [0.717, 1.165) is 30.5 Å². The highest BCUT2D eigenvalue weighted by Crippen LogP contribution is 2.34. The molecule has 2 heterocycles. The fraction of sp³-hybridized carbons (Fsp3) is 0.357. The minimum atomic E-state index is -0.410. The largest absolute Gasteiger partial charge is 0.394 e. The molecule has 1 aromatic carbocycles. The van der Waals surface area contributed by atoms with Gasteiger partial charge < -0.3 is 10.0 Å². The SMILES string of the molecule is O=[N+]([O-])c1cccc2c(N3CCCC3CO)ccnc12. The standard InChI is InChI=1S/C14H15N3O3/c18-9-10-3-2-8-16(10)12-6-7-15-14-11(12)4-1-5-13(14)17(19)20/h1,4-7,10,18H,2-3,8-9H2. The Hall–Kier alpha value is -2.21. The number of nitro benzene ring substituents is 1. The second kappa shape index (κ2) is 5.05. The molecule has 1 aliphatic rings. The summed E-state index contributed by atoms with van der Waals surface area (Å²) in [6.07, 6.45) is 3.55. The summed E-state index contributed by atoms with van der Waals surface area (Å²) in [6.45, 7) is 0.950. The maximum absolute atomic E-state index is 11.1. The second-order valence-electron chi connectivity index (χ2n) is 4.93. The molecule has 1 unspecified atom stereocenters. The van der Waals surface area contributed by atoms with Crippen LogP contribution >= 0.6 is 0 Å². The molecule has 20 heavy (non-hydrogen) atoms. The van der Waals surface area contributed by atoms with Crippen molar-refractivity contribution in [3.63, 3.8) is 0 Å². The van der Waals surface area contributed by atoms with Crippen molar-refractivity contribution in [3.8, 4) is 0 Å². The Morgan fingerprint density at radius 1 is 1.45 bits per heavy atom. The number of anilines is 1. The van der Waals surface area contributed by atoms with Crippen LogP contribution < -0.4 is 4.90 Å². The van der Waals surface area contributed by atoms with Gasteiger partial charge in [-0.05, 0) is 18.9 Å². The molecule has 0 bridgehead atoms. The van der Waals surface area contributed by atoms with Gasteiger partial charge in [0.25, 0.3) is 5.69 Å². The highest BCUT2D eigenvalue weighted by Gasteiger charge is 2.26. The number of nitro groups is 1. The Morgan fingerprint density at radius 3 is 3.05 bits per heavy atom. The Balaban J connectivity index is 2.17. The van der Waals surface area contributed by atoms with E-state index in [1.807, 2.05) is 12.1 Å². The minimum Gasteiger partial charge on any atom is -0.394 e. The first-order valence-electron chi connectivity index (χ1n) is 6.62. The summed E-state index contributed by atoms with van der Waals surface area (Å²) in [5, 5.41) is 21.3. The van der Waals surface area contributed by atoms with E-state index in [2.05, 4.69) is 9.88 Å². The Labute approximate surface area is 115 Å². The van der Waals surface area contributed by atoms with E-state index in [1.54, 1.807) is 12.3 Å². The maximum Gasteiger partial charge on any atom is 0.295 e. The highest BCUT2D eigenvalue weighted by atomic mass is 16.6. The molecule has 6 heteroatoms. The fourth-order valence-electron chi connectivity index (χ4n) is 2.89. The van der Waals surface area contributed by atoms with E-state index >= 15 is 0 Å². The van der Waals surface area contributed by atoms with Gasteiger partial charge in [0.2, 0.25) is 0 Å². The lowest BCUT2D eigenvalue weighted by Crippen LogP contribution is -2.32. The highest BCUT2D eigenvalue weighted by molar-refractivity contribution is 5.96. The minimum absolute atomic E-state index is 0.0177. The quantitative estimate of drug-likeness (QED) is 0.684. The summed E-state index contributed by atoms with van der Waals surface area (Å²) in [4.78, 5) is 16.9. The predicted octanol–water partition coefficient (Wildman–Crippen LogP) is 2.10. The smallest absolute Gasteiger partial charge is 0.295 e. The van der Waals surface area contributed by atoms with Crippen molar-refractivity contribution in [2.75, 3.05) is 18.1 Å². The van der Waals surface area contributed by atoms with Crippen LogP contribution in [-0.4, -0.2) is 34.2 Å². The Kier molecular flexibility index (Phi) is 3.23. The number of hydrogen-bond donors (Lipinski definition) is 1. The molecule has 1 saturated heterocycles. The van der Waals surface area contributed by atoms with Crippen LogP contribution in [0.2, 0.25) is 0 Å². The second-order valence-corrected chi connectivity index (χ2v) is 4.93. The number of benzene rings is 1. The van der Waals surface area contributed by atoms with E-state index in [4.69, 9.17) is 0 Å². The van der Waals surface area contributed by atoms with Gasteiger partial charge >= 0.3 is 0 Å². The summed E-state index contributed by atoms with van der Waals surface area (Å²) < 4.78 is 0. The lowest BCUT2D eigenvalue weighted by molar-refractivity contribution is -0.383. The van der Waals surface area contributed by atoms with Gasteiger partial charge in [0.05, 0.1) is 17.6 Å². The Bertz CT molecular complexity index is 659. The molecule has 104 valence electrons. The fourth-order valence-corrected chi connectivity index (χ4v) is 2.89. The van der Waals surface area contributed by atoms with Crippen molar-refractivity contribution in [2.24, 2.45) is 0 Å². The number of hydrogen-bond acceptors (Lipinski definition) is 5. The van der Waals surface area contributed by atoms with Gasteiger partial charge in [-0.15, -0.1) is 0 Å². The third-order valence-electron chi connectivity index (χ3n) is 3.82. The number of fused-ring (bicyclic) bond motifs is 1. The van der Waals surface area contributed by atoms with Gasteiger partial charge in [0.1, 0.15) is 5.52 Å². The number of pyridine rings is 1. The van der Waals surface area contributed by atoms with Crippen LogP contribution in [0, 0.1) is 10.1 Å². The van der Waals surface area contributed by atoms with Crippen LogP contribution in [0.3, 0.4) is 0 Å². The first-order valence-corrected chi connectivity index (χ1v) is 6.62. The molecular formula is C14H15N3O3. The first-order chi connectivity index (χ1) is 9.72. The average Bonchev–Trinajstić information content (AvgIpc) is 2.94. The van der Waals surface area contributed by atoms with Crippen molar-refractivity contribution >= 4 is 22.3 Å². The summed E-state index contributed by atoms with van der Waals surface area (Å²) in [5.74, 6) is 0. The summed E-state index contributed by atoms with van der Waals surface area (Å²) in [7, 11) is 0. The van der Waals surface area contributed by atoms with Crippen LogP contribution in [0.5, 0.6) is 0 Å². The molecule has 6 nitrogen and oxygen atoms in total. The summed E-state index contributed by atoms with van der Waals surface area (Å²) in [5.41, 5.74) is 1.33. The van der Waals surface area contributed by atoms with Crippen LogP contribution in [0.1, 0.15) is 12.8 Å². The lowest BCUT2D eigenvalue weighted by atomic mass is 10.1. The number of rotatable bonds is 3. The zero-order valence-electron chi connectivity index (χ0n) is 10.9. The molecule has 0 spiro atoms. The molecule has 1 N–H and O–H groups in total. The van der Waals surface area contributed by atoms with Crippen LogP contribution in [0.25, 0.3) is 10.9 Å². The topological polar surface area (TPSA) is 79.5 Å². The lowest BCUT2D eigenvalue weighted by Gasteiger charge is -2.26. The van der Waals surface area contributed by atoms with Crippen molar-refractivity contribution in [1.82, 2.24) is 4.98 Å². The number of non-ortho nitro benzene ring substituents is 1. The number of aliphatic hydroxyl groups is 1. The van der Waals surface area contributed by atoms with E-state index in [-0.39, 0.29) is 18.3 Å². The molecule has 0 aliphatic carbocycles. The van der Waals surface area contributed by atoms with Gasteiger partial charge in [0, 0.05) is 29.9 Å². The first kappa shape index (κ1) is 12.8. The number of aliphatic hydroxyl groups excluding tert-OH is 1. The molecule has 3 rings (SSSR count). The van der Waals surface area contributed by atoms with Gasteiger partial charge in [-0.2, -0.15) is 0 Å². The van der Waals surface area contributed by atoms with Crippen LogP contribution in [0.4, 0.5) is 11.4 Å². The number of nitrogens with zero attached hydrogens (tertiary/aromatic N) is 3. The zero-order chi connectivity index (χ0) is 14.1. The van der Waals surface area contributed by atoms with Gasteiger partial charge in [0.15, 0.2) is 0 Å². The molecular weight excluding hydrogens is 258 g/mol. The molecule has 2 aromatic rings. The van der Waals surface area contributed by atoms with Crippen molar-refractivity contribution in [3.05, 3.63) is 40.6 Å². The summed E-state index contributed by atoms with van der Waals surface area (Å²) in [6, 6.07) is 6.93. The van der Waals surface area contributed by atoms with Crippen molar-refractivity contribution < 1.29 is 10.0 Å². The Morgan fingerprint density at radius 2 is 2.30 bits per heavy atom. The normalized spacial score (nSPS) is 18.6. The molecule has 1 atom stereocenters. The van der Waals surface area contributed by atoms with Crippen LogP contribution in [-0.2, 0) is 0 Å². The molecule has 1 aromatic heterocycles. The van der Waals surface area contributed by atoms with E-state index < -0.39 is 4.92 Å². The maximum atomic E-state index is 11.1. The third kappa shape index (κ3) is 1.98. The monoisotopic (exact) mass is 273 g/mol.